The Labute approximate surface area is 581 Å². The number of hydrogen-bond acceptors (Lipinski definition) is 20. The van der Waals surface area contributed by atoms with E-state index in [4.69, 9.17) is 28.4 Å². The number of carbonyl (C=O) groups is 3. The first-order valence-corrected chi connectivity index (χ1v) is 38.2. The average molecular weight is 1390 g/mol. The van der Waals surface area contributed by atoms with Crippen molar-refractivity contribution in [2.45, 2.75) is 400 Å². The van der Waals surface area contributed by atoms with Gasteiger partial charge in [0.25, 0.3) is 5.79 Å². The number of carboxylic acid groups (broad SMARTS) is 1. The van der Waals surface area contributed by atoms with Gasteiger partial charge in [0.05, 0.1) is 50.7 Å². The lowest BCUT2D eigenvalue weighted by Crippen LogP contribution is -2.70. The Morgan fingerprint density at radius 2 is 0.969 bits per heavy atom. The molecule has 3 saturated heterocycles. The normalized spacial score (nSPS) is 27.5. The Kier molecular flexibility index (Phi) is 49.2. The third-order valence-electron chi connectivity index (χ3n) is 19.4. The zero-order chi connectivity index (χ0) is 71.1. The van der Waals surface area contributed by atoms with Gasteiger partial charge in [-0.1, -0.05) is 250 Å². The van der Waals surface area contributed by atoms with Gasteiger partial charge >= 0.3 is 5.97 Å². The van der Waals surface area contributed by atoms with Crippen LogP contribution in [0.25, 0.3) is 0 Å². The zero-order valence-corrected chi connectivity index (χ0v) is 59.7. The predicted molar refractivity (Wildman–Crippen MR) is 371 cm³/mol. The van der Waals surface area contributed by atoms with Crippen LogP contribution in [0.3, 0.4) is 0 Å². The molecule has 14 N–H and O–H groups in total. The lowest BCUT2D eigenvalue weighted by molar-refractivity contribution is -0.386. The molecule has 3 rings (SSSR count). The largest absolute Gasteiger partial charge is 0.477 e. The van der Waals surface area contributed by atoms with Crippen LogP contribution in [0.15, 0.2) is 24.3 Å². The second kappa shape index (κ2) is 53.9. The molecule has 568 valence electrons. The Bertz CT molecular complexity index is 2040. The van der Waals surface area contributed by atoms with E-state index in [9.17, 15) is 75.7 Å². The fraction of sp³-hybridized carbons (Fsp3) is 0.905. The van der Waals surface area contributed by atoms with E-state index in [-0.39, 0.29) is 12.3 Å². The number of unbranched alkanes of at least 4 members (excludes halogenated alkanes) is 37. The van der Waals surface area contributed by atoms with Crippen molar-refractivity contribution in [3.05, 3.63) is 24.3 Å². The summed E-state index contributed by atoms with van der Waals surface area (Å²) in [6, 6.07) is -2.62. The maximum absolute atomic E-state index is 13.5. The van der Waals surface area contributed by atoms with Gasteiger partial charge in [-0.2, -0.15) is 0 Å². The molecule has 3 aliphatic rings. The summed E-state index contributed by atoms with van der Waals surface area (Å²) >= 11 is 0. The van der Waals surface area contributed by atoms with Crippen LogP contribution >= 0.6 is 0 Å². The molecule has 97 heavy (non-hydrogen) atoms. The quantitative estimate of drug-likeness (QED) is 0.0200. The molecule has 0 radical (unpaired) electrons. The van der Waals surface area contributed by atoms with E-state index < -0.39 is 155 Å². The van der Waals surface area contributed by atoms with Crippen molar-refractivity contribution < 1.29 is 104 Å². The molecule has 0 bridgehead atoms. The topological polar surface area (TPSA) is 373 Å². The monoisotopic (exact) mass is 1390 g/mol. The SMILES string of the molecule is CCCCCCCCCCCCCC/C=C\CCCCCCCCCCCCCCCC(=O)NC(COC1OC(CO)C(OC2OC(CO)C(O)C(OC3(C(=O)O)CC(O)C(NC(C)=O)C(C(O)C(O)CO)O3)C2O)C(O)C1O)C(O)/C=C/CCCCCCCCCCCCCC. The lowest BCUT2D eigenvalue weighted by Gasteiger charge is -2.50. The number of amides is 2. The highest BCUT2D eigenvalue weighted by Crippen LogP contribution is 2.39. The van der Waals surface area contributed by atoms with Crippen molar-refractivity contribution in [1.82, 2.24) is 10.6 Å². The van der Waals surface area contributed by atoms with Crippen LogP contribution in [0.2, 0.25) is 0 Å². The maximum Gasteiger partial charge on any atom is 0.364 e. The third kappa shape index (κ3) is 35.3. The number of aliphatic hydroxyl groups is 11. The number of carboxylic acids is 1. The molecule has 0 aromatic carbocycles. The van der Waals surface area contributed by atoms with Gasteiger partial charge in [-0.05, 0) is 44.9 Å². The molecular weight excluding hydrogens is 1250 g/mol. The Morgan fingerprint density at radius 1 is 0.536 bits per heavy atom. The fourth-order valence-electron chi connectivity index (χ4n) is 13.3. The summed E-state index contributed by atoms with van der Waals surface area (Å²) < 4.78 is 34.8. The van der Waals surface area contributed by atoms with Crippen molar-refractivity contribution in [1.29, 1.82) is 0 Å². The van der Waals surface area contributed by atoms with Crippen LogP contribution in [0.4, 0.5) is 0 Å². The number of ether oxygens (including phenoxy) is 6. The second-order valence-electron chi connectivity index (χ2n) is 27.9. The highest BCUT2D eigenvalue weighted by molar-refractivity contribution is 5.77. The first kappa shape index (κ1) is 88.4. The van der Waals surface area contributed by atoms with Gasteiger partial charge in [-0.25, -0.2) is 4.79 Å². The first-order chi connectivity index (χ1) is 46.9. The van der Waals surface area contributed by atoms with Crippen molar-refractivity contribution in [3.8, 4) is 0 Å². The molecule has 23 nitrogen and oxygen atoms in total. The molecule has 0 saturated carbocycles. The summed E-state index contributed by atoms with van der Waals surface area (Å²) in [6.45, 7) is 2.15. The van der Waals surface area contributed by atoms with E-state index in [0.717, 1.165) is 51.9 Å². The van der Waals surface area contributed by atoms with E-state index >= 15 is 0 Å². The van der Waals surface area contributed by atoms with Gasteiger partial charge in [0, 0.05) is 19.8 Å². The molecule has 0 aromatic rings. The summed E-state index contributed by atoms with van der Waals surface area (Å²) in [5, 5.41) is 136. The Morgan fingerprint density at radius 3 is 1.40 bits per heavy atom. The van der Waals surface area contributed by atoms with Crippen LogP contribution in [0.1, 0.15) is 290 Å². The average Bonchev–Trinajstić information content (AvgIpc) is 0.758. The lowest BCUT2D eigenvalue weighted by atomic mass is 9.88. The van der Waals surface area contributed by atoms with Gasteiger partial charge in [-0.15, -0.1) is 0 Å². The van der Waals surface area contributed by atoms with Crippen LogP contribution < -0.4 is 10.6 Å². The van der Waals surface area contributed by atoms with E-state index in [1.165, 1.54) is 199 Å². The highest BCUT2D eigenvalue weighted by Gasteiger charge is 2.60. The van der Waals surface area contributed by atoms with Gasteiger partial charge in [0.15, 0.2) is 12.6 Å². The summed E-state index contributed by atoms with van der Waals surface area (Å²) in [5.74, 6) is -6.14. The number of nitrogens with one attached hydrogen (secondary N) is 2. The third-order valence-corrected chi connectivity index (χ3v) is 19.4. The van der Waals surface area contributed by atoms with Crippen LogP contribution in [-0.4, -0.2) is 215 Å². The molecule has 3 aliphatic heterocycles. The molecule has 18 atom stereocenters. The van der Waals surface area contributed by atoms with E-state index in [2.05, 4.69) is 36.6 Å². The van der Waals surface area contributed by atoms with Gasteiger partial charge < -0.3 is 100 Å². The summed E-state index contributed by atoms with van der Waals surface area (Å²) in [7, 11) is 0. The summed E-state index contributed by atoms with van der Waals surface area (Å²) in [4.78, 5) is 38.6. The van der Waals surface area contributed by atoms with Crippen LogP contribution in [-0.2, 0) is 42.8 Å². The standard InChI is InChI=1S/C74H136N2O21/c1-4-6-8-10-12-14-16-18-20-21-22-23-24-25-26-27-28-29-30-31-32-33-34-36-38-40-42-44-46-48-61(84)76-55(56(81)47-45-43-41-39-37-35-19-17-15-13-11-9-7-5-2)53-92-71-66(88)65(87)68(60(52-79)94-71)95-72-67(89)70(64(86)59(51-78)93-72)97-74(73(90)91)49-57(82)62(75-54(3)80)69(96-74)63(85)58(83)50-77/h25-26,45,47,55-60,62-72,77-79,81-83,85-89H,4-24,27-44,46,48-53H2,1-3H3,(H,75,80)(H,76,84)(H,90,91)/b26-25-,47-45+. The van der Waals surface area contributed by atoms with Crippen molar-refractivity contribution >= 4 is 17.8 Å². The molecule has 0 spiro atoms. The molecule has 2 amide bonds. The van der Waals surface area contributed by atoms with Crippen molar-refractivity contribution in [2.75, 3.05) is 26.4 Å². The number of hydrogen-bond donors (Lipinski definition) is 14. The van der Waals surface area contributed by atoms with E-state index in [1.54, 1.807) is 6.08 Å². The van der Waals surface area contributed by atoms with Crippen molar-refractivity contribution in [3.63, 3.8) is 0 Å². The van der Waals surface area contributed by atoms with Gasteiger partial charge in [0.2, 0.25) is 11.8 Å². The Balaban J connectivity index is 1.50. The molecule has 23 heteroatoms. The highest BCUT2D eigenvalue weighted by atomic mass is 16.8. The number of carbonyl (C=O) groups excluding carboxylic acids is 2. The minimum absolute atomic E-state index is 0.202. The number of aliphatic carboxylic acids is 1. The first-order valence-electron chi connectivity index (χ1n) is 38.2. The molecule has 0 aliphatic carbocycles. The molecular formula is C74H136N2O21. The number of allylic oxidation sites excluding steroid dienone is 3. The predicted octanol–water partition coefficient (Wildman–Crippen LogP) is 8.79. The number of rotatable bonds is 59. The zero-order valence-electron chi connectivity index (χ0n) is 59.7. The maximum atomic E-state index is 13.5. The number of aliphatic hydroxyl groups excluding tert-OH is 11. The summed E-state index contributed by atoms with van der Waals surface area (Å²) in [5.41, 5.74) is 0. The van der Waals surface area contributed by atoms with Crippen LogP contribution in [0, 0.1) is 0 Å². The molecule has 0 aromatic heterocycles. The smallest absolute Gasteiger partial charge is 0.364 e. The fourth-order valence-corrected chi connectivity index (χ4v) is 13.3. The van der Waals surface area contributed by atoms with E-state index in [1.807, 2.05) is 6.08 Å². The molecule has 18 unspecified atom stereocenters. The summed E-state index contributed by atoms with van der Waals surface area (Å²) in [6.07, 6.45) is 28.0. The Hall–Kier alpha value is -2.79. The molecule has 3 heterocycles. The second-order valence-corrected chi connectivity index (χ2v) is 27.9. The van der Waals surface area contributed by atoms with Gasteiger partial charge in [-0.3, -0.25) is 9.59 Å². The van der Waals surface area contributed by atoms with Gasteiger partial charge in [0.1, 0.15) is 67.1 Å². The molecule has 3 fully saturated rings. The van der Waals surface area contributed by atoms with E-state index in [0.29, 0.717) is 12.8 Å². The van der Waals surface area contributed by atoms with Crippen LogP contribution in [0.5, 0.6) is 0 Å². The van der Waals surface area contributed by atoms with Crippen molar-refractivity contribution in [2.24, 2.45) is 0 Å². The minimum atomic E-state index is -3.08. The minimum Gasteiger partial charge on any atom is -0.477 e.